The lowest BCUT2D eigenvalue weighted by Gasteiger charge is -2.09. The van der Waals surface area contributed by atoms with Crippen molar-refractivity contribution in [3.63, 3.8) is 0 Å². The quantitative estimate of drug-likeness (QED) is 0.532. The average molecular weight is 397 g/mol. The Hall–Kier alpha value is -3.39. The molecule has 0 bridgehead atoms. The van der Waals surface area contributed by atoms with E-state index < -0.39 is 5.91 Å². The van der Waals surface area contributed by atoms with E-state index in [0.717, 1.165) is 11.1 Å². The maximum Gasteiger partial charge on any atom is 0.262 e. The van der Waals surface area contributed by atoms with Gasteiger partial charge in [0, 0.05) is 16.6 Å². The number of halogens is 2. The molecule has 140 valence electrons. The second-order valence-corrected chi connectivity index (χ2v) is 6.72. The maximum absolute atomic E-state index is 13.2. The predicted molar refractivity (Wildman–Crippen MR) is 103 cm³/mol. The lowest BCUT2D eigenvalue weighted by Crippen LogP contribution is -2.20. The first-order valence-electron chi connectivity index (χ1n) is 8.26. The van der Waals surface area contributed by atoms with Gasteiger partial charge < -0.3 is 10.1 Å². The lowest BCUT2D eigenvalue weighted by atomic mass is 10.1. The van der Waals surface area contributed by atoms with E-state index in [1.165, 1.54) is 54.1 Å². The summed E-state index contributed by atoms with van der Waals surface area (Å²) in [5.74, 6) is -0.853. The molecule has 0 aliphatic heterocycles. The molecule has 0 radical (unpaired) electrons. The van der Waals surface area contributed by atoms with Crippen LogP contribution in [0.2, 0.25) is 0 Å². The summed E-state index contributed by atoms with van der Waals surface area (Å²) in [5, 5.41) is 5.17. The van der Waals surface area contributed by atoms with Gasteiger partial charge >= 0.3 is 0 Å². The van der Waals surface area contributed by atoms with Crippen molar-refractivity contribution in [2.45, 2.75) is 0 Å². The van der Waals surface area contributed by atoms with E-state index in [2.05, 4.69) is 15.3 Å². The highest BCUT2D eigenvalue weighted by atomic mass is 32.1. The van der Waals surface area contributed by atoms with Gasteiger partial charge in [0.05, 0.1) is 5.39 Å². The standard InChI is InChI=1S/C20H13F2N3O2S/c21-13-3-1-12(2-4-13)16-10-28-20-18(16)19(23-11-24-20)27-9-17(26)25-15-7-5-14(22)6-8-15/h1-8,10-11H,9H2,(H,25,26). The SMILES string of the molecule is O=C(COc1ncnc2scc(-c3ccc(F)cc3)c12)Nc1ccc(F)cc1. The van der Waals surface area contributed by atoms with Crippen molar-refractivity contribution < 1.29 is 18.3 Å². The third-order valence-corrected chi connectivity index (χ3v) is 4.84. The third-order valence-electron chi connectivity index (χ3n) is 3.96. The molecule has 2 aromatic heterocycles. The highest BCUT2D eigenvalue weighted by Crippen LogP contribution is 2.37. The number of hydrogen-bond acceptors (Lipinski definition) is 5. The summed E-state index contributed by atoms with van der Waals surface area (Å²) in [6, 6.07) is 11.5. The van der Waals surface area contributed by atoms with Gasteiger partial charge in [-0.25, -0.2) is 18.7 Å². The van der Waals surface area contributed by atoms with Gasteiger partial charge in [-0.05, 0) is 42.0 Å². The number of carbonyl (C=O) groups is 1. The van der Waals surface area contributed by atoms with Crippen LogP contribution >= 0.6 is 11.3 Å². The zero-order valence-electron chi connectivity index (χ0n) is 14.4. The minimum atomic E-state index is -0.406. The van der Waals surface area contributed by atoms with Gasteiger partial charge in [-0.2, -0.15) is 0 Å². The predicted octanol–water partition coefficient (Wildman–Crippen LogP) is 4.65. The molecule has 1 amide bonds. The summed E-state index contributed by atoms with van der Waals surface area (Å²) in [6.45, 7) is -0.276. The summed E-state index contributed by atoms with van der Waals surface area (Å²) < 4.78 is 31.8. The van der Waals surface area contributed by atoms with Crippen LogP contribution in [0.4, 0.5) is 14.5 Å². The fraction of sp³-hybridized carbons (Fsp3) is 0.0500. The van der Waals surface area contributed by atoms with Gasteiger partial charge in [-0.15, -0.1) is 11.3 Å². The number of fused-ring (bicyclic) bond motifs is 1. The van der Waals surface area contributed by atoms with Gasteiger partial charge in [0.25, 0.3) is 5.91 Å². The Morgan fingerprint density at radius 3 is 2.39 bits per heavy atom. The van der Waals surface area contributed by atoms with Gasteiger partial charge in [-0.3, -0.25) is 4.79 Å². The zero-order valence-corrected chi connectivity index (χ0v) is 15.2. The number of aromatic nitrogens is 2. The number of rotatable bonds is 5. The smallest absolute Gasteiger partial charge is 0.262 e. The summed E-state index contributed by atoms with van der Waals surface area (Å²) in [7, 11) is 0. The normalized spacial score (nSPS) is 10.8. The molecule has 4 aromatic rings. The highest BCUT2D eigenvalue weighted by molar-refractivity contribution is 7.17. The number of benzene rings is 2. The maximum atomic E-state index is 13.2. The third kappa shape index (κ3) is 3.81. The summed E-state index contributed by atoms with van der Waals surface area (Å²) in [6.07, 6.45) is 1.36. The van der Waals surface area contributed by atoms with Crippen molar-refractivity contribution in [1.82, 2.24) is 9.97 Å². The minimum Gasteiger partial charge on any atom is -0.467 e. The summed E-state index contributed by atoms with van der Waals surface area (Å²) in [4.78, 5) is 21.2. The number of carbonyl (C=O) groups excluding carboxylic acids is 1. The van der Waals surface area contributed by atoms with Crippen LogP contribution < -0.4 is 10.1 Å². The van der Waals surface area contributed by atoms with Crippen molar-refractivity contribution >= 4 is 33.1 Å². The molecule has 0 aliphatic carbocycles. The average Bonchev–Trinajstić information content (AvgIpc) is 3.13. The van der Waals surface area contributed by atoms with Crippen LogP contribution in [0, 0.1) is 11.6 Å². The minimum absolute atomic E-state index is 0.264. The van der Waals surface area contributed by atoms with E-state index in [1.54, 1.807) is 12.1 Å². The van der Waals surface area contributed by atoms with Gasteiger partial charge in [0.15, 0.2) is 6.61 Å². The van der Waals surface area contributed by atoms with Crippen LogP contribution in [-0.2, 0) is 4.79 Å². The van der Waals surface area contributed by atoms with E-state index in [1.807, 2.05) is 5.38 Å². The van der Waals surface area contributed by atoms with E-state index >= 15 is 0 Å². The number of thiophene rings is 1. The van der Waals surface area contributed by atoms with Gasteiger partial charge in [0.1, 0.15) is 22.8 Å². The Balaban J connectivity index is 1.55. The van der Waals surface area contributed by atoms with Crippen LogP contribution in [0.25, 0.3) is 21.3 Å². The molecule has 2 aromatic carbocycles. The summed E-state index contributed by atoms with van der Waals surface area (Å²) >= 11 is 1.40. The molecule has 8 heteroatoms. The molecule has 0 saturated heterocycles. The topological polar surface area (TPSA) is 64.1 Å². The molecule has 0 unspecified atom stereocenters. The largest absolute Gasteiger partial charge is 0.467 e. The molecule has 28 heavy (non-hydrogen) atoms. The molecule has 0 saturated carbocycles. The highest BCUT2D eigenvalue weighted by Gasteiger charge is 2.15. The first-order valence-corrected chi connectivity index (χ1v) is 9.14. The van der Waals surface area contributed by atoms with Crippen LogP contribution in [0.5, 0.6) is 5.88 Å². The first kappa shape index (κ1) is 18.0. The van der Waals surface area contributed by atoms with Crippen LogP contribution in [0.1, 0.15) is 0 Å². The van der Waals surface area contributed by atoms with Crippen LogP contribution in [-0.4, -0.2) is 22.5 Å². The Kier molecular flexibility index (Phi) is 4.94. The molecule has 2 heterocycles. The Bertz CT molecular complexity index is 1130. The lowest BCUT2D eigenvalue weighted by molar-refractivity contribution is -0.118. The number of nitrogens with zero attached hydrogens (tertiary/aromatic N) is 2. The number of nitrogens with one attached hydrogen (secondary N) is 1. The van der Waals surface area contributed by atoms with Crippen molar-refractivity contribution in [2.24, 2.45) is 0 Å². The molecule has 5 nitrogen and oxygen atoms in total. The van der Waals surface area contributed by atoms with Crippen molar-refractivity contribution in [2.75, 3.05) is 11.9 Å². The Morgan fingerprint density at radius 2 is 1.68 bits per heavy atom. The van der Waals surface area contributed by atoms with Crippen LogP contribution in [0.15, 0.2) is 60.2 Å². The second kappa shape index (κ2) is 7.69. The second-order valence-electron chi connectivity index (χ2n) is 5.86. The molecular weight excluding hydrogens is 384 g/mol. The number of amides is 1. The van der Waals surface area contributed by atoms with Crippen molar-refractivity contribution in [1.29, 1.82) is 0 Å². The van der Waals surface area contributed by atoms with Gasteiger partial charge in [0.2, 0.25) is 5.88 Å². The molecule has 0 atom stereocenters. The van der Waals surface area contributed by atoms with E-state index in [4.69, 9.17) is 4.74 Å². The monoisotopic (exact) mass is 397 g/mol. The summed E-state index contributed by atoms with van der Waals surface area (Å²) in [5.41, 5.74) is 2.06. The molecule has 1 N–H and O–H groups in total. The Labute approximate surface area is 162 Å². The Morgan fingerprint density at radius 1 is 1.00 bits per heavy atom. The van der Waals surface area contributed by atoms with Gasteiger partial charge in [-0.1, -0.05) is 12.1 Å². The number of ether oxygens (including phenoxy) is 1. The first-order chi connectivity index (χ1) is 13.6. The number of hydrogen-bond donors (Lipinski definition) is 1. The fourth-order valence-electron chi connectivity index (χ4n) is 2.66. The molecule has 0 spiro atoms. The number of anilines is 1. The molecule has 4 rings (SSSR count). The molecule has 0 aliphatic rings. The molecule has 0 fully saturated rings. The van der Waals surface area contributed by atoms with Crippen molar-refractivity contribution in [3.8, 4) is 17.0 Å². The zero-order chi connectivity index (χ0) is 19.5. The van der Waals surface area contributed by atoms with Crippen molar-refractivity contribution in [3.05, 3.63) is 71.9 Å². The van der Waals surface area contributed by atoms with E-state index in [-0.39, 0.29) is 24.1 Å². The van der Waals surface area contributed by atoms with Crippen LogP contribution in [0.3, 0.4) is 0 Å². The van der Waals surface area contributed by atoms with E-state index in [0.29, 0.717) is 15.9 Å². The molecular formula is C20H13F2N3O2S. The fourth-order valence-corrected chi connectivity index (χ4v) is 3.57. The van der Waals surface area contributed by atoms with E-state index in [9.17, 15) is 13.6 Å².